The Bertz CT molecular complexity index is 463. The van der Waals surface area contributed by atoms with Crippen LogP contribution in [-0.4, -0.2) is 9.97 Å². The molecule has 2 aromatic heterocycles. The van der Waals surface area contributed by atoms with Crippen LogP contribution < -0.4 is 0 Å². The molecule has 15 heavy (non-hydrogen) atoms. The van der Waals surface area contributed by atoms with Gasteiger partial charge in [-0.3, -0.25) is 0 Å². The SMILES string of the molecule is CC.Clc1ncnc2c(C3CC3)csc12. The summed E-state index contributed by atoms with van der Waals surface area (Å²) in [5.74, 6) is 0.736. The van der Waals surface area contributed by atoms with Crippen molar-refractivity contribution in [1.29, 1.82) is 0 Å². The van der Waals surface area contributed by atoms with Gasteiger partial charge in [-0.25, -0.2) is 9.97 Å². The van der Waals surface area contributed by atoms with E-state index < -0.39 is 0 Å². The number of aromatic nitrogens is 2. The molecule has 0 bridgehead atoms. The highest BCUT2D eigenvalue weighted by Gasteiger charge is 2.27. The van der Waals surface area contributed by atoms with E-state index in [1.54, 1.807) is 17.7 Å². The molecule has 1 aliphatic rings. The Balaban J connectivity index is 0.000000404. The predicted molar refractivity (Wildman–Crippen MR) is 65.7 cm³/mol. The van der Waals surface area contributed by atoms with Crippen molar-refractivity contribution in [3.05, 3.63) is 22.4 Å². The molecule has 0 aliphatic heterocycles. The molecule has 2 nitrogen and oxygen atoms in total. The fourth-order valence-corrected chi connectivity index (χ4v) is 2.77. The van der Waals surface area contributed by atoms with Crippen molar-refractivity contribution in [2.75, 3.05) is 0 Å². The minimum Gasteiger partial charge on any atom is -0.235 e. The zero-order valence-corrected chi connectivity index (χ0v) is 10.4. The van der Waals surface area contributed by atoms with Gasteiger partial charge in [0.15, 0.2) is 0 Å². The molecule has 3 rings (SSSR count). The van der Waals surface area contributed by atoms with Gasteiger partial charge in [0.1, 0.15) is 11.5 Å². The van der Waals surface area contributed by atoms with E-state index in [1.165, 1.54) is 18.4 Å². The van der Waals surface area contributed by atoms with Gasteiger partial charge in [0, 0.05) is 0 Å². The Morgan fingerprint density at radius 3 is 2.73 bits per heavy atom. The van der Waals surface area contributed by atoms with Crippen molar-refractivity contribution in [3.8, 4) is 0 Å². The summed E-state index contributed by atoms with van der Waals surface area (Å²) in [6, 6.07) is 0. The van der Waals surface area contributed by atoms with Gasteiger partial charge in [-0.05, 0) is 29.7 Å². The van der Waals surface area contributed by atoms with Gasteiger partial charge in [0.25, 0.3) is 0 Å². The second-order valence-corrected chi connectivity index (χ2v) is 4.55. The van der Waals surface area contributed by atoms with Crippen LogP contribution >= 0.6 is 22.9 Å². The number of thiophene rings is 1. The van der Waals surface area contributed by atoms with Gasteiger partial charge in [-0.2, -0.15) is 0 Å². The Labute approximate surface area is 98.3 Å². The van der Waals surface area contributed by atoms with Gasteiger partial charge in [-0.15, -0.1) is 11.3 Å². The lowest BCUT2D eigenvalue weighted by molar-refractivity contribution is 1.13. The van der Waals surface area contributed by atoms with E-state index in [0.29, 0.717) is 5.15 Å². The monoisotopic (exact) mass is 240 g/mol. The Hall–Kier alpha value is -0.670. The Morgan fingerprint density at radius 1 is 1.33 bits per heavy atom. The lowest BCUT2D eigenvalue weighted by atomic mass is 10.2. The largest absolute Gasteiger partial charge is 0.235 e. The first-order chi connectivity index (χ1) is 7.36. The summed E-state index contributed by atoms with van der Waals surface area (Å²) >= 11 is 7.61. The van der Waals surface area contributed by atoms with E-state index in [9.17, 15) is 0 Å². The topological polar surface area (TPSA) is 25.8 Å². The molecular formula is C11H13ClN2S. The number of rotatable bonds is 1. The molecule has 0 spiro atoms. The highest BCUT2D eigenvalue weighted by molar-refractivity contribution is 7.18. The van der Waals surface area contributed by atoms with E-state index in [1.807, 2.05) is 13.8 Å². The summed E-state index contributed by atoms with van der Waals surface area (Å²) < 4.78 is 1.03. The highest BCUT2D eigenvalue weighted by Crippen LogP contribution is 2.45. The molecule has 0 atom stereocenters. The standard InChI is InChI=1S/C9H7ClN2S.C2H6/c10-9-8-7(11-4-12-9)6(3-13-8)5-1-2-5;1-2/h3-5H,1-2H2;1-2H3. The quantitative estimate of drug-likeness (QED) is 0.697. The molecule has 2 heterocycles. The summed E-state index contributed by atoms with van der Waals surface area (Å²) in [4.78, 5) is 8.24. The average molecular weight is 241 g/mol. The summed E-state index contributed by atoms with van der Waals surface area (Å²) in [5.41, 5.74) is 2.43. The van der Waals surface area contributed by atoms with Crippen LogP contribution in [0.25, 0.3) is 10.2 Å². The maximum Gasteiger partial charge on any atom is 0.150 e. The molecule has 1 aliphatic carbocycles. The first-order valence-electron chi connectivity index (χ1n) is 5.24. The first kappa shape index (κ1) is 10.8. The molecule has 0 saturated heterocycles. The molecule has 0 N–H and O–H groups in total. The fourth-order valence-electron chi connectivity index (χ4n) is 1.52. The maximum absolute atomic E-state index is 5.95. The van der Waals surface area contributed by atoms with Crippen LogP contribution in [0.5, 0.6) is 0 Å². The summed E-state index contributed by atoms with van der Waals surface area (Å²) in [6.07, 6.45) is 4.14. The smallest absolute Gasteiger partial charge is 0.150 e. The molecule has 80 valence electrons. The van der Waals surface area contributed by atoms with Gasteiger partial charge in [0.2, 0.25) is 0 Å². The molecule has 0 aromatic carbocycles. The van der Waals surface area contributed by atoms with E-state index >= 15 is 0 Å². The van der Waals surface area contributed by atoms with Crippen molar-refractivity contribution in [3.63, 3.8) is 0 Å². The van der Waals surface area contributed by atoms with E-state index in [4.69, 9.17) is 11.6 Å². The third kappa shape index (κ3) is 1.99. The lowest BCUT2D eigenvalue weighted by Crippen LogP contribution is -1.82. The highest BCUT2D eigenvalue weighted by atomic mass is 35.5. The molecule has 4 heteroatoms. The van der Waals surface area contributed by atoms with E-state index in [0.717, 1.165) is 16.1 Å². The third-order valence-electron chi connectivity index (χ3n) is 2.35. The Morgan fingerprint density at radius 2 is 2.07 bits per heavy atom. The van der Waals surface area contributed by atoms with Crippen LogP contribution in [0, 0.1) is 0 Å². The van der Waals surface area contributed by atoms with Gasteiger partial charge in [0.05, 0.1) is 10.2 Å². The van der Waals surface area contributed by atoms with Gasteiger partial charge < -0.3 is 0 Å². The fraction of sp³-hybridized carbons (Fsp3) is 0.455. The third-order valence-corrected chi connectivity index (χ3v) is 3.75. The van der Waals surface area contributed by atoms with Crippen molar-refractivity contribution >= 4 is 33.2 Å². The molecule has 1 saturated carbocycles. The van der Waals surface area contributed by atoms with Crippen molar-refractivity contribution < 1.29 is 0 Å². The van der Waals surface area contributed by atoms with E-state index in [-0.39, 0.29) is 0 Å². The van der Waals surface area contributed by atoms with Crippen molar-refractivity contribution in [1.82, 2.24) is 9.97 Å². The van der Waals surface area contributed by atoms with Crippen molar-refractivity contribution in [2.45, 2.75) is 32.6 Å². The maximum atomic E-state index is 5.95. The molecule has 2 aromatic rings. The van der Waals surface area contributed by atoms with Crippen LogP contribution in [0.4, 0.5) is 0 Å². The predicted octanol–water partition coefficient (Wildman–Crippen LogP) is 4.25. The van der Waals surface area contributed by atoms with Crippen LogP contribution in [0.15, 0.2) is 11.7 Å². The number of hydrogen-bond acceptors (Lipinski definition) is 3. The molecule has 0 radical (unpaired) electrons. The minimum atomic E-state index is 0.585. The number of nitrogens with zero attached hydrogens (tertiary/aromatic N) is 2. The Kier molecular flexibility index (Phi) is 3.22. The minimum absolute atomic E-state index is 0.585. The number of fused-ring (bicyclic) bond motifs is 1. The van der Waals surface area contributed by atoms with Crippen LogP contribution in [0.2, 0.25) is 5.15 Å². The summed E-state index contributed by atoms with van der Waals surface area (Å²) in [5, 5.41) is 2.75. The molecular weight excluding hydrogens is 228 g/mol. The molecule has 0 amide bonds. The van der Waals surface area contributed by atoms with E-state index in [2.05, 4.69) is 15.3 Å². The zero-order valence-electron chi connectivity index (χ0n) is 8.83. The summed E-state index contributed by atoms with van der Waals surface area (Å²) in [6.45, 7) is 4.00. The summed E-state index contributed by atoms with van der Waals surface area (Å²) in [7, 11) is 0. The molecule has 0 unspecified atom stereocenters. The lowest BCUT2D eigenvalue weighted by Gasteiger charge is -1.93. The second-order valence-electron chi connectivity index (χ2n) is 3.31. The second kappa shape index (κ2) is 4.45. The van der Waals surface area contributed by atoms with Crippen LogP contribution in [0.1, 0.15) is 38.2 Å². The normalized spacial score (nSPS) is 14.9. The molecule has 1 fully saturated rings. The zero-order chi connectivity index (χ0) is 10.8. The van der Waals surface area contributed by atoms with Crippen LogP contribution in [-0.2, 0) is 0 Å². The van der Waals surface area contributed by atoms with Gasteiger partial charge >= 0.3 is 0 Å². The van der Waals surface area contributed by atoms with Crippen LogP contribution in [0.3, 0.4) is 0 Å². The number of hydrogen-bond donors (Lipinski definition) is 0. The average Bonchev–Trinajstić information content (AvgIpc) is 3.02. The van der Waals surface area contributed by atoms with Crippen molar-refractivity contribution in [2.24, 2.45) is 0 Å². The van der Waals surface area contributed by atoms with Gasteiger partial charge in [-0.1, -0.05) is 25.4 Å². The number of halogens is 1. The first-order valence-corrected chi connectivity index (χ1v) is 6.49.